The Morgan fingerprint density at radius 3 is 1.76 bits per heavy atom. The van der Waals surface area contributed by atoms with Gasteiger partial charge in [0.25, 0.3) is 0 Å². The Morgan fingerprint density at radius 2 is 1.35 bits per heavy atom. The summed E-state index contributed by atoms with van der Waals surface area (Å²) in [5.41, 5.74) is 0.184. The van der Waals surface area contributed by atoms with Crippen LogP contribution in [0, 0.1) is 17.8 Å². The van der Waals surface area contributed by atoms with Gasteiger partial charge in [-0.3, -0.25) is 0 Å². The van der Waals surface area contributed by atoms with Gasteiger partial charge in [0.1, 0.15) is 0 Å². The zero-order valence-electron chi connectivity index (χ0n) is 11.4. The Labute approximate surface area is 105 Å². The van der Waals surface area contributed by atoms with Crippen molar-refractivity contribution in [3.63, 3.8) is 0 Å². The molecule has 0 aliphatic heterocycles. The van der Waals surface area contributed by atoms with Gasteiger partial charge in [-0.05, 0) is 77.0 Å². The van der Waals surface area contributed by atoms with Gasteiger partial charge in [0, 0.05) is 0 Å². The smallest absolute Gasteiger partial charge is 0.155 e. The Balaban J connectivity index is 1.65. The third kappa shape index (κ3) is 2.39. The van der Waals surface area contributed by atoms with E-state index in [-0.39, 0.29) is 18.0 Å². The molecule has 1 unspecified atom stereocenters. The van der Waals surface area contributed by atoms with Crippen LogP contribution >= 0.6 is 0 Å². The van der Waals surface area contributed by atoms with Gasteiger partial charge in [-0.25, -0.2) is 0 Å². The molecule has 4 aliphatic rings. The minimum absolute atomic E-state index is 0.0359. The normalized spacial score (nSPS) is 45.5. The zero-order chi connectivity index (χ0) is 12.0. The fourth-order valence-corrected chi connectivity index (χ4v) is 4.94. The van der Waals surface area contributed by atoms with Crippen LogP contribution in [0.2, 0.25) is 0 Å². The second kappa shape index (κ2) is 4.24. The van der Waals surface area contributed by atoms with Crippen molar-refractivity contribution in [1.82, 2.24) is 0 Å². The molecule has 4 saturated carbocycles. The fraction of sp³-hybridized carbons (Fsp3) is 1.00. The van der Waals surface area contributed by atoms with Crippen LogP contribution < -0.4 is 0 Å². The van der Waals surface area contributed by atoms with Crippen molar-refractivity contribution >= 4 is 0 Å². The first-order valence-electron chi connectivity index (χ1n) is 7.38. The number of ether oxygens (including phenoxy) is 2. The fourth-order valence-electron chi connectivity index (χ4n) is 4.94. The van der Waals surface area contributed by atoms with Gasteiger partial charge in [-0.15, -0.1) is 0 Å². The summed E-state index contributed by atoms with van der Waals surface area (Å²) in [7, 11) is 0. The van der Waals surface area contributed by atoms with E-state index in [0.29, 0.717) is 0 Å². The van der Waals surface area contributed by atoms with E-state index in [1.54, 1.807) is 0 Å². The lowest BCUT2D eigenvalue weighted by molar-refractivity contribution is -0.257. The standard InChI is InChI=1S/C15H26O2/c1-10(2)16-11(3)17-15-7-12-4-13(8-15)6-14(5-12)9-15/h10-14H,4-9H2,1-3H3. The third-order valence-electron chi connectivity index (χ3n) is 4.86. The molecule has 4 aliphatic carbocycles. The summed E-state index contributed by atoms with van der Waals surface area (Å²) >= 11 is 0. The summed E-state index contributed by atoms with van der Waals surface area (Å²) in [5.74, 6) is 2.85. The maximum absolute atomic E-state index is 6.34. The summed E-state index contributed by atoms with van der Waals surface area (Å²) in [6, 6.07) is 0. The molecule has 0 spiro atoms. The molecule has 98 valence electrons. The monoisotopic (exact) mass is 238 g/mol. The topological polar surface area (TPSA) is 18.5 Å². The van der Waals surface area contributed by atoms with E-state index in [4.69, 9.17) is 9.47 Å². The van der Waals surface area contributed by atoms with Crippen LogP contribution in [-0.2, 0) is 9.47 Å². The number of hydrogen-bond acceptors (Lipinski definition) is 2. The van der Waals surface area contributed by atoms with Gasteiger partial charge < -0.3 is 9.47 Å². The molecule has 17 heavy (non-hydrogen) atoms. The van der Waals surface area contributed by atoms with E-state index in [9.17, 15) is 0 Å². The van der Waals surface area contributed by atoms with Crippen LogP contribution in [0.4, 0.5) is 0 Å². The Morgan fingerprint density at radius 1 is 0.882 bits per heavy atom. The first-order chi connectivity index (χ1) is 8.05. The summed E-state index contributed by atoms with van der Waals surface area (Å²) in [6.07, 6.45) is 8.54. The lowest BCUT2D eigenvalue weighted by atomic mass is 9.54. The van der Waals surface area contributed by atoms with E-state index in [1.165, 1.54) is 38.5 Å². The van der Waals surface area contributed by atoms with Gasteiger partial charge in [-0.1, -0.05) is 0 Å². The highest BCUT2D eigenvalue weighted by atomic mass is 16.7. The van der Waals surface area contributed by atoms with E-state index < -0.39 is 0 Å². The first-order valence-corrected chi connectivity index (χ1v) is 7.38. The Hall–Kier alpha value is -0.0800. The maximum atomic E-state index is 6.34. The van der Waals surface area contributed by atoms with Gasteiger partial charge in [0.15, 0.2) is 6.29 Å². The van der Waals surface area contributed by atoms with Gasteiger partial charge in [-0.2, -0.15) is 0 Å². The average molecular weight is 238 g/mol. The van der Waals surface area contributed by atoms with Gasteiger partial charge in [0.05, 0.1) is 11.7 Å². The van der Waals surface area contributed by atoms with E-state index in [1.807, 2.05) is 0 Å². The molecule has 4 bridgehead atoms. The predicted octanol–water partition coefficient (Wildman–Crippen LogP) is 3.74. The van der Waals surface area contributed by atoms with E-state index in [2.05, 4.69) is 20.8 Å². The molecule has 0 saturated heterocycles. The summed E-state index contributed by atoms with van der Waals surface area (Å²) < 4.78 is 12.1. The Kier molecular flexibility index (Phi) is 2.99. The molecular weight excluding hydrogens is 212 g/mol. The van der Waals surface area contributed by atoms with E-state index >= 15 is 0 Å². The van der Waals surface area contributed by atoms with Crippen LogP contribution in [0.5, 0.6) is 0 Å². The predicted molar refractivity (Wildman–Crippen MR) is 67.7 cm³/mol. The molecule has 2 nitrogen and oxygen atoms in total. The quantitative estimate of drug-likeness (QED) is 0.695. The minimum atomic E-state index is -0.0359. The van der Waals surface area contributed by atoms with Crippen LogP contribution in [0.15, 0.2) is 0 Å². The van der Waals surface area contributed by atoms with Crippen molar-refractivity contribution in [3.8, 4) is 0 Å². The van der Waals surface area contributed by atoms with Crippen molar-refractivity contribution in [2.24, 2.45) is 17.8 Å². The largest absolute Gasteiger partial charge is 0.350 e. The molecular formula is C15H26O2. The van der Waals surface area contributed by atoms with Crippen LogP contribution in [0.1, 0.15) is 59.3 Å². The first kappa shape index (κ1) is 12.0. The average Bonchev–Trinajstić information content (AvgIpc) is 2.11. The van der Waals surface area contributed by atoms with Crippen molar-refractivity contribution < 1.29 is 9.47 Å². The maximum Gasteiger partial charge on any atom is 0.155 e. The number of rotatable bonds is 4. The molecule has 0 heterocycles. The molecule has 1 atom stereocenters. The minimum Gasteiger partial charge on any atom is -0.350 e. The summed E-state index contributed by atoms with van der Waals surface area (Å²) in [5, 5.41) is 0. The summed E-state index contributed by atoms with van der Waals surface area (Å²) in [6.45, 7) is 6.23. The van der Waals surface area contributed by atoms with Crippen molar-refractivity contribution in [2.45, 2.75) is 77.3 Å². The van der Waals surface area contributed by atoms with Crippen molar-refractivity contribution in [2.75, 3.05) is 0 Å². The van der Waals surface area contributed by atoms with Crippen molar-refractivity contribution in [1.29, 1.82) is 0 Å². The molecule has 0 aromatic heterocycles. The van der Waals surface area contributed by atoms with Crippen LogP contribution in [0.3, 0.4) is 0 Å². The molecule has 0 aromatic carbocycles. The molecule has 4 fully saturated rings. The lowest BCUT2D eigenvalue weighted by Crippen LogP contribution is -2.53. The highest BCUT2D eigenvalue weighted by molar-refractivity contribution is 5.03. The van der Waals surface area contributed by atoms with Crippen LogP contribution in [0.25, 0.3) is 0 Å². The number of hydrogen-bond donors (Lipinski definition) is 0. The molecule has 4 rings (SSSR count). The lowest BCUT2D eigenvalue weighted by Gasteiger charge is -2.56. The second-order valence-corrected chi connectivity index (χ2v) is 6.97. The van der Waals surface area contributed by atoms with Gasteiger partial charge in [0.2, 0.25) is 0 Å². The zero-order valence-corrected chi connectivity index (χ0v) is 11.4. The Bertz CT molecular complexity index is 249. The highest BCUT2D eigenvalue weighted by Gasteiger charge is 2.52. The van der Waals surface area contributed by atoms with Crippen LogP contribution in [-0.4, -0.2) is 18.0 Å². The van der Waals surface area contributed by atoms with E-state index in [0.717, 1.165) is 17.8 Å². The third-order valence-corrected chi connectivity index (χ3v) is 4.86. The molecule has 0 amide bonds. The molecule has 0 aromatic rings. The molecule has 0 radical (unpaired) electrons. The van der Waals surface area contributed by atoms with Gasteiger partial charge >= 0.3 is 0 Å². The van der Waals surface area contributed by atoms with Crippen molar-refractivity contribution in [3.05, 3.63) is 0 Å². The summed E-state index contributed by atoms with van der Waals surface area (Å²) in [4.78, 5) is 0. The SMILES string of the molecule is CC(C)OC(C)OC12CC3CC(CC(C3)C1)C2. The second-order valence-electron chi connectivity index (χ2n) is 6.97. The highest BCUT2D eigenvalue weighted by Crippen LogP contribution is 2.57. The molecule has 2 heteroatoms. The molecule has 0 N–H and O–H groups in total.